The lowest BCUT2D eigenvalue weighted by Crippen LogP contribution is -3.02. The van der Waals surface area contributed by atoms with Crippen molar-refractivity contribution in [1.29, 1.82) is 0 Å². The lowest BCUT2D eigenvalue weighted by molar-refractivity contribution is -0.836. The van der Waals surface area contributed by atoms with Gasteiger partial charge in [0.1, 0.15) is 7.32 Å². The molecular weight excluding hydrogens is 326 g/mol. The molecule has 23 heavy (non-hydrogen) atoms. The predicted molar refractivity (Wildman–Crippen MR) is 70.1 cm³/mol. The lowest BCUT2D eigenvalue weighted by Gasteiger charge is -2.27. The molecule has 0 saturated heterocycles. The Balaban J connectivity index is 0. The second kappa shape index (κ2) is 11.2. The number of rotatable bonds is 2. The molecule has 0 aliphatic carbocycles. The van der Waals surface area contributed by atoms with Crippen LogP contribution in [0.5, 0.6) is 5.75 Å². The van der Waals surface area contributed by atoms with Crippen LogP contribution in [0.4, 0.5) is 22.0 Å². The maximum Gasteiger partial charge on any atom is 0.205 e. The molecule has 5 nitrogen and oxygen atoms in total. The molecule has 0 heterocycles. The molecule has 0 aliphatic rings. The number of hydrogen-bond acceptors (Lipinski definition) is 3. The zero-order chi connectivity index (χ0) is 18.9. The van der Waals surface area contributed by atoms with E-state index in [0.29, 0.717) is 0 Å². The van der Waals surface area contributed by atoms with Crippen molar-refractivity contribution in [2.45, 2.75) is 0 Å². The molecule has 0 atom stereocenters. The van der Waals surface area contributed by atoms with Gasteiger partial charge in [-0.05, 0) is 0 Å². The monoisotopic (exact) mass is 346 g/mol. The van der Waals surface area contributed by atoms with E-state index in [-0.39, 0.29) is 0 Å². The lowest BCUT2D eigenvalue weighted by atomic mass is 10.2. The Hall–Kier alpha value is -1.43. The van der Waals surface area contributed by atoms with E-state index >= 15 is 0 Å². The Morgan fingerprint density at radius 2 is 0.870 bits per heavy atom. The van der Waals surface area contributed by atoms with Crippen molar-refractivity contribution in [3.8, 4) is 5.75 Å². The van der Waals surface area contributed by atoms with E-state index in [4.69, 9.17) is 0 Å². The van der Waals surface area contributed by atoms with Gasteiger partial charge in [0, 0.05) is 0 Å². The van der Waals surface area contributed by atoms with Gasteiger partial charge < -0.3 is 24.5 Å². The van der Waals surface area contributed by atoms with Crippen LogP contribution in [0.15, 0.2) is 0 Å². The molecule has 134 valence electrons. The van der Waals surface area contributed by atoms with E-state index in [1.54, 1.807) is 0 Å². The molecular formula is C12H20BF5N2O3. The Bertz CT molecular complexity index is 450. The van der Waals surface area contributed by atoms with Gasteiger partial charge in [0.25, 0.3) is 0 Å². The van der Waals surface area contributed by atoms with Gasteiger partial charge in [0.15, 0.2) is 5.75 Å². The molecule has 0 amide bonds. The van der Waals surface area contributed by atoms with Crippen LogP contribution in [0.25, 0.3) is 0 Å². The van der Waals surface area contributed by atoms with Crippen molar-refractivity contribution in [2.24, 2.45) is 0 Å². The highest BCUT2D eigenvalue weighted by molar-refractivity contribution is 6.29. The summed E-state index contributed by atoms with van der Waals surface area (Å²) in [4.78, 5) is 2.83. The van der Waals surface area contributed by atoms with Crippen molar-refractivity contribution < 1.29 is 46.5 Å². The fourth-order valence-electron chi connectivity index (χ4n) is 0.784. The van der Waals surface area contributed by atoms with Crippen LogP contribution < -0.4 is 24.5 Å². The highest BCUT2D eigenvalue weighted by atomic mass is 19.2. The molecule has 0 aliphatic heterocycles. The molecule has 0 fully saturated rings. The summed E-state index contributed by atoms with van der Waals surface area (Å²) in [5, 5.41) is 19.7. The van der Waals surface area contributed by atoms with E-state index in [0.717, 1.165) is 0 Å². The minimum atomic E-state index is -3.20. The Kier molecular flexibility index (Phi) is 11.6. The number of halogens is 5. The van der Waals surface area contributed by atoms with Crippen LogP contribution in [0.1, 0.15) is 0 Å². The van der Waals surface area contributed by atoms with E-state index in [1.165, 1.54) is 9.80 Å². The molecule has 1 aromatic rings. The number of nitrogens with one attached hydrogen (secondary N) is 2. The maximum absolute atomic E-state index is 12.6. The minimum Gasteiger partial charge on any atom is -0.860 e. The van der Waals surface area contributed by atoms with Crippen LogP contribution in [-0.2, 0) is 0 Å². The molecule has 1 rings (SSSR count). The summed E-state index contributed by atoms with van der Waals surface area (Å²) in [5.41, 5.74) is 0. The normalized spacial score (nSPS) is 9.87. The first-order chi connectivity index (χ1) is 10.3. The number of quaternary nitrogens is 2. The van der Waals surface area contributed by atoms with Crippen molar-refractivity contribution in [1.82, 2.24) is 0 Å². The van der Waals surface area contributed by atoms with E-state index in [2.05, 4.69) is 46.9 Å². The first kappa shape index (κ1) is 23.8. The Morgan fingerprint density at radius 3 is 1.09 bits per heavy atom. The molecule has 0 spiro atoms. The third kappa shape index (κ3) is 10.1. The highest BCUT2D eigenvalue weighted by Crippen LogP contribution is 2.28. The maximum atomic E-state index is 12.6. The SMILES string of the molecule is C[NH+](C)C.C[NH+](C)C.[O-]B([O-])Oc1c(F)c(F)c(F)c(F)c1F. The summed E-state index contributed by atoms with van der Waals surface area (Å²) in [5.74, 6) is -13.6. The van der Waals surface area contributed by atoms with Gasteiger partial charge in [-0.1, -0.05) is 0 Å². The predicted octanol–water partition coefficient (Wildman–Crippen LogP) is -3.01. The first-order valence-corrected chi connectivity index (χ1v) is 6.36. The summed E-state index contributed by atoms with van der Waals surface area (Å²) >= 11 is 0. The van der Waals surface area contributed by atoms with Gasteiger partial charge in [-0.3, -0.25) is 0 Å². The molecule has 0 bridgehead atoms. The van der Waals surface area contributed by atoms with Gasteiger partial charge in [0.2, 0.25) is 29.1 Å². The van der Waals surface area contributed by atoms with Crippen molar-refractivity contribution in [3.05, 3.63) is 29.1 Å². The Morgan fingerprint density at radius 1 is 0.652 bits per heavy atom. The zero-order valence-electron chi connectivity index (χ0n) is 13.7. The van der Waals surface area contributed by atoms with Crippen LogP contribution in [-0.4, -0.2) is 49.6 Å². The zero-order valence-corrected chi connectivity index (χ0v) is 13.7. The highest BCUT2D eigenvalue weighted by Gasteiger charge is 2.26. The third-order valence-electron chi connectivity index (χ3n) is 1.38. The van der Waals surface area contributed by atoms with Crippen LogP contribution in [0.3, 0.4) is 0 Å². The summed E-state index contributed by atoms with van der Waals surface area (Å²) < 4.78 is 65.9. The Labute approximate surface area is 132 Å². The van der Waals surface area contributed by atoms with Gasteiger partial charge in [-0.15, -0.1) is 0 Å². The summed E-state index contributed by atoms with van der Waals surface area (Å²) in [6.07, 6.45) is 0. The first-order valence-electron chi connectivity index (χ1n) is 6.36. The second-order valence-electron chi connectivity index (χ2n) is 5.31. The van der Waals surface area contributed by atoms with Crippen LogP contribution in [0, 0.1) is 29.1 Å². The largest absolute Gasteiger partial charge is 0.860 e. The minimum absolute atomic E-state index is 1.42. The molecule has 0 saturated carbocycles. The molecule has 0 unspecified atom stereocenters. The fraction of sp³-hybridized carbons (Fsp3) is 0.500. The standard InChI is InChI=1S/C6BF5O3.2C3H9N/c8-1-2(9)4(11)6(15-7(13)14)5(12)3(1)10;2*1-4(2)3/h;2*1-3H3/q-2;;/p+2. The average molecular weight is 346 g/mol. The number of hydrogen-bond donors (Lipinski definition) is 2. The molecule has 1 aromatic carbocycles. The van der Waals surface area contributed by atoms with Crippen LogP contribution >= 0.6 is 0 Å². The van der Waals surface area contributed by atoms with Gasteiger partial charge >= 0.3 is 0 Å². The average Bonchev–Trinajstić information content (AvgIpc) is 2.38. The summed E-state index contributed by atoms with van der Waals surface area (Å²) in [6.45, 7) is 0. The van der Waals surface area contributed by atoms with Gasteiger partial charge in [-0.2, -0.15) is 8.78 Å². The van der Waals surface area contributed by atoms with E-state index in [1.807, 2.05) is 0 Å². The second-order valence-corrected chi connectivity index (χ2v) is 5.31. The van der Waals surface area contributed by atoms with Crippen LogP contribution in [0.2, 0.25) is 0 Å². The fourth-order valence-corrected chi connectivity index (χ4v) is 0.784. The quantitative estimate of drug-likeness (QED) is 0.260. The van der Waals surface area contributed by atoms with Crippen molar-refractivity contribution in [2.75, 3.05) is 42.3 Å². The molecule has 2 N–H and O–H groups in total. The van der Waals surface area contributed by atoms with Crippen molar-refractivity contribution in [3.63, 3.8) is 0 Å². The smallest absolute Gasteiger partial charge is 0.205 e. The third-order valence-corrected chi connectivity index (χ3v) is 1.38. The van der Waals surface area contributed by atoms with Gasteiger partial charge in [0.05, 0.1) is 42.3 Å². The molecule has 11 heteroatoms. The summed E-state index contributed by atoms with van der Waals surface area (Å²) in [7, 11) is 9.30. The van der Waals surface area contributed by atoms with Gasteiger partial charge in [-0.25, -0.2) is 13.2 Å². The topological polar surface area (TPSA) is 64.2 Å². The number of benzene rings is 1. The molecule has 0 aromatic heterocycles. The summed E-state index contributed by atoms with van der Waals surface area (Å²) in [6, 6.07) is 0. The molecule has 0 radical (unpaired) electrons. The van der Waals surface area contributed by atoms with E-state index < -0.39 is 42.2 Å². The van der Waals surface area contributed by atoms with E-state index in [9.17, 15) is 32.0 Å². The van der Waals surface area contributed by atoms with Crippen molar-refractivity contribution >= 4 is 7.32 Å².